The summed E-state index contributed by atoms with van der Waals surface area (Å²) in [5.74, 6) is 0.252. The molecule has 1 saturated heterocycles. The molecule has 0 unspecified atom stereocenters. The van der Waals surface area contributed by atoms with Gasteiger partial charge in [0, 0.05) is 49.9 Å². The molecule has 4 rings (SSSR count). The molecule has 1 aliphatic heterocycles. The Morgan fingerprint density at radius 2 is 2.03 bits per heavy atom. The molecule has 0 spiro atoms. The molecule has 1 N–H and O–H groups in total. The van der Waals surface area contributed by atoms with E-state index in [0.29, 0.717) is 25.4 Å². The second-order valence-electron chi connectivity index (χ2n) is 8.32. The summed E-state index contributed by atoms with van der Waals surface area (Å²) in [5, 5.41) is 7.70. The first-order chi connectivity index (χ1) is 14.7. The lowest BCUT2D eigenvalue weighted by molar-refractivity contribution is -0.131. The minimum absolute atomic E-state index is 0.0561. The molecule has 3 heterocycles. The lowest BCUT2D eigenvalue weighted by Gasteiger charge is -2.29. The lowest BCUT2D eigenvalue weighted by Crippen LogP contribution is -2.40. The Labute approximate surface area is 177 Å². The van der Waals surface area contributed by atoms with Crippen molar-refractivity contribution in [3.8, 4) is 11.3 Å². The average molecular weight is 411 g/mol. The van der Waals surface area contributed by atoms with Crippen LogP contribution in [0.1, 0.15) is 63.8 Å². The maximum Gasteiger partial charge on any atom is 0.222 e. The van der Waals surface area contributed by atoms with E-state index in [2.05, 4.69) is 20.4 Å². The van der Waals surface area contributed by atoms with Crippen LogP contribution in [0.5, 0.6) is 0 Å². The molecule has 30 heavy (non-hydrogen) atoms. The molecule has 2 fully saturated rings. The smallest absolute Gasteiger partial charge is 0.222 e. The molecule has 2 aliphatic rings. The van der Waals surface area contributed by atoms with Crippen molar-refractivity contribution < 1.29 is 9.59 Å². The summed E-state index contributed by atoms with van der Waals surface area (Å²) in [6.07, 6.45) is 15.2. The first kappa shape index (κ1) is 20.5. The average Bonchev–Trinajstić information content (AvgIpc) is 3.18. The number of nitrogens with one attached hydrogen (secondary N) is 1. The van der Waals surface area contributed by atoms with E-state index in [1.807, 2.05) is 28.0 Å². The Balaban J connectivity index is 1.21. The van der Waals surface area contributed by atoms with Crippen LogP contribution in [0.2, 0.25) is 0 Å². The molecular formula is C22H30N6O2. The second-order valence-corrected chi connectivity index (χ2v) is 8.32. The van der Waals surface area contributed by atoms with Gasteiger partial charge in [-0.05, 0) is 44.6 Å². The van der Waals surface area contributed by atoms with Crippen LogP contribution in [0.3, 0.4) is 0 Å². The van der Waals surface area contributed by atoms with E-state index in [0.717, 1.165) is 62.7 Å². The van der Waals surface area contributed by atoms with Gasteiger partial charge in [0.25, 0.3) is 0 Å². The molecule has 0 bridgehead atoms. The van der Waals surface area contributed by atoms with Gasteiger partial charge in [-0.25, -0.2) is 9.97 Å². The van der Waals surface area contributed by atoms with Crippen LogP contribution in [0.4, 0.5) is 0 Å². The van der Waals surface area contributed by atoms with Gasteiger partial charge in [0.2, 0.25) is 11.8 Å². The minimum atomic E-state index is 0.0561. The number of hydrogen-bond donors (Lipinski definition) is 1. The summed E-state index contributed by atoms with van der Waals surface area (Å²) in [6, 6.07) is 2.45. The normalized spacial score (nSPS) is 22.5. The number of rotatable bonds is 6. The van der Waals surface area contributed by atoms with Crippen LogP contribution in [0.25, 0.3) is 11.3 Å². The molecule has 0 atom stereocenters. The molecule has 8 heteroatoms. The van der Waals surface area contributed by atoms with Gasteiger partial charge >= 0.3 is 0 Å². The molecule has 1 aliphatic carbocycles. The zero-order chi connectivity index (χ0) is 20.8. The molecule has 0 aromatic carbocycles. The van der Waals surface area contributed by atoms with Gasteiger partial charge in [-0.15, -0.1) is 0 Å². The molecule has 1 saturated carbocycles. The van der Waals surface area contributed by atoms with Crippen molar-refractivity contribution >= 4 is 11.8 Å². The fourth-order valence-corrected chi connectivity index (χ4v) is 4.43. The molecule has 160 valence electrons. The molecule has 2 amide bonds. The molecule has 8 nitrogen and oxygen atoms in total. The summed E-state index contributed by atoms with van der Waals surface area (Å²) in [5.41, 5.74) is 1.87. The highest BCUT2D eigenvalue weighted by Gasteiger charge is 2.25. The van der Waals surface area contributed by atoms with E-state index in [9.17, 15) is 9.59 Å². The largest absolute Gasteiger partial charge is 0.353 e. The van der Waals surface area contributed by atoms with Crippen LogP contribution in [0.15, 0.2) is 31.0 Å². The van der Waals surface area contributed by atoms with E-state index >= 15 is 0 Å². The minimum Gasteiger partial charge on any atom is -0.353 e. The van der Waals surface area contributed by atoms with Gasteiger partial charge in [0.15, 0.2) is 0 Å². The number of carbonyl (C=O) groups excluding carboxylic acids is 2. The van der Waals surface area contributed by atoms with Crippen LogP contribution < -0.4 is 5.32 Å². The molecule has 2 aromatic rings. The maximum atomic E-state index is 12.4. The van der Waals surface area contributed by atoms with Gasteiger partial charge in [0.05, 0.1) is 17.9 Å². The summed E-state index contributed by atoms with van der Waals surface area (Å²) >= 11 is 0. The number of carbonyl (C=O) groups is 2. The molecule has 2 aromatic heterocycles. The van der Waals surface area contributed by atoms with Crippen molar-refractivity contribution in [2.45, 2.75) is 69.9 Å². The molecular weight excluding hydrogens is 380 g/mol. The van der Waals surface area contributed by atoms with Crippen LogP contribution in [-0.4, -0.2) is 55.6 Å². The number of hydrogen-bond acceptors (Lipinski definition) is 5. The van der Waals surface area contributed by atoms with Crippen LogP contribution in [-0.2, 0) is 9.59 Å². The third-order valence-corrected chi connectivity index (χ3v) is 6.20. The maximum absolute atomic E-state index is 12.4. The number of aromatic nitrogens is 4. The Hall–Kier alpha value is -2.77. The third-order valence-electron chi connectivity index (χ3n) is 6.20. The first-order valence-corrected chi connectivity index (χ1v) is 11.1. The SMILES string of the molecule is O=C(CCN1CCCCCC1=O)NC1CCC(n2cc(-c3ccncn3)cn2)CC1. The Bertz CT molecular complexity index is 844. The lowest BCUT2D eigenvalue weighted by atomic mass is 9.91. The Morgan fingerprint density at radius 3 is 2.83 bits per heavy atom. The monoisotopic (exact) mass is 410 g/mol. The Kier molecular flexibility index (Phi) is 6.71. The predicted molar refractivity (Wildman–Crippen MR) is 112 cm³/mol. The number of amides is 2. The van der Waals surface area contributed by atoms with Crippen molar-refractivity contribution in [2.75, 3.05) is 13.1 Å². The Morgan fingerprint density at radius 1 is 1.17 bits per heavy atom. The third kappa shape index (κ3) is 5.23. The summed E-state index contributed by atoms with van der Waals surface area (Å²) < 4.78 is 2.03. The molecule has 0 radical (unpaired) electrons. The van der Waals surface area contributed by atoms with Gasteiger partial charge in [-0.2, -0.15) is 5.10 Å². The first-order valence-electron chi connectivity index (χ1n) is 11.1. The van der Waals surface area contributed by atoms with E-state index in [4.69, 9.17) is 0 Å². The highest BCUT2D eigenvalue weighted by atomic mass is 16.2. The second kappa shape index (κ2) is 9.82. The zero-order valence-electron chi connectivity index (χ0n) is 17.4. The topological polar surface area (TPSA) is 93.0 Å². The van der Waals surface area contributed by atoms with E-state index in [1.165, 1.54) is 0 Å². The van der Waals surface area contributed by atoms with E-state index in [1.54, 1.807) is 12.5 Å². The summed E-state index contributed by atoms with van der Waals surface area (Å²) in [7, 11) is 0. The predicted octanol–water partition coefficient (Wildman–Crippen LogP) is 2.73. The van der Waals surface area contributed by atoms with Crippen molar-refractivity contribution in [1.82, 2.24) is 30.0 Å². The summed E-state index contributed by atoms with van der Waals surface area (Å²) in [4.78, 5) is 34.5. The van der Waals surface area contributed by atoms with Crippen molar-refractivity contribution in [3.63, 3.8) is 0 Å². The number of nitrogens with zero attached hydrogens (tertiary/aromatic N) is 5. The highest BCUT2D eigenvalue weighted by Crippen LogP contribution is 2.29. The quantitative estimate of drug-likeness (QED) is 0.790. The summed E-state index contributed by atoms with van der Waals surface area (Å²) in [6.45, 7) is 1.33. The zero-order valence-corrected chi connectivity index (χ0v) is 17.4. The fourth-order valence-electron chi connectivity index (χ4n) is 4.43. The van der Waals surface area contributed by atoms with Crippen LogP contribution in [0, 0.1) is 0 Å². The van der Waals surface area contributed by atoms with E-state index < -0.39 is 0 Å². The van der Waals surface area contributed by atoms with Crippen molar-refractivity contribution in [1.29, 1.82) is 0 Å². The van der Waals surface area contributed by atoms with Crippen molar-refractivity contribution in [2.24, 2.45) is 0 Å². The van der Waals surface area contributed by atoms with Crippen LogP contribution >= 0.6 is 0 Å². The number of likely N-dealkylation sites (tertiary alicyclic amines) is 1. The fraction of sp³-hybridized carbons (Fsp3) is 0.591. The van der Waals surface area contributed by atoms with Gasteiger partial charge in [-0.1, -0.05) is 6.42 Å². The van der Waals surface area contributed by atoms with Gasteiger partial charge < -0.3 is 10.2 Å². The highest BCUT2D eigenvalue weighted by molar-refractivity contribution is 5.79. The van der Waals surface area contributed by atoms with Gasteiger partial charge in [-0.3, -0.25) is 14.3 Å². The van der Waals surface area contributed by atoms with Gasteiger partial charge in [0.1, 0.15) is 6.33 Å². The van der Waals surface area contributed by atoms with Crippen molar-refractivity contribution in [3.05, 3.63) is 31.0 Å². The van der Waals surface area contributed by atoms with E-state index in [-0.39, 0.29) is 17.9 Å². The standard InChI is InChI=1S/C22H30N6O2/c29-21(10-13-27-12-3-1-2-4-22(27)30)26-18-5-7-19(8-6-18)28-15-17(14-25-28)20-9-11-23-16-24-20/h9,11,14-16,18-19H,1-8,10,12-13H2,(H,26,29).